The van der Waals surface area contributed by atoms with E-state index in [0.717, 1.165) is 16.7 Å². The molecule has 9 heteroatoms. The van der Waals surface area contributed by atoms with Crippen LogP contribution in [0.1, 0.15) is 22.3 Å². The summed E-state index contributed by atoms with van der Waals surface area (Å²) in [5, 5.41) is 7.10. The van der Waals surface area contributed by atoms with Gasteiger partial charge in [0, 0.05) is 10.7 Å². The van der Waals surface area contributed by atoms with Crippen LogP contribution in [-0.2, 0) is 16.2 Å². The fourth-order valence-electron chi connectivity index (χ4n) is 3.04. The lowest BCUT2D eigenvalue weighted by Gasteiger charge is -2.13. The molecule has 3 aromatic rings. The zero-order chi connectivity index (χ0) is 24.7. The van der Waals surface area contributed by atoms with Crippen molar-refractivity contribution in [2.24, 2.45) is 5.10 Å². The van der Waals surface area contributed by atoms with Crippen LogP contribution in [-0.4, -0.2) is 25.1 Å². The number of nitrogens with zero attached hydrogens (tertiary/aromatic N) is 1. The molecule has 0 radical (unpaired) electrons. The highest BCUT2D eigenvalue weighted by atomic mass is 79.9. The van der Waals surface area contributed by atoms with Crippen molar-refractivity contribution in [2.45, 2.75) is 20.5 Å². The van der Waals surface area contributed by atoms with Crippen molar-refractivity contribution in [2.75, 3.05) is 12.4 Å². The molecule has 0 unspecified atom stereocenters. The fourth-order valence-corrected chi connectivity index (χ4v) is 3.74. The molecule has 7 nitrogen and oxygen atoms in total. The van der Waals surface area contributed by atoms with Crippen molar-refractivity contribution in [3.8, 4) is 11.5 Å². The van der Waals surface area contributed by atoms with Gasteiger partial charge in [0.2, 0.25) is 0 Å². The van der Waals surface area contributed by atoms with Gasteiger partial charge in [-0.1, -0.05) is 41.4 Å². The van der Waals surface area contributed by atoms with Crippen LogP contribution in [0.25, 0.3) is 0 Å². The maximum atomic E-state index is 12.2. The third-order valence-electron chi connectivity index (χ3n) is 4.76. The van der Waals surface area contributed by atoms with Gasteiger partial charge in [-0.3, -0.25) is 9.59 Å². The maximum Gasteiger partial charge on any atom is 0.329 e. The zero-order valence-electron chi connectivity index (χ0n) is 18.8. The van der Waals surface area contributed by atoms with Crippen LogP contribution in [0, 0.1) is 13.8 Å². The minimum atomic E-state index is -0.884. The summed E-state index contributed by atoms with van der Waals surface area (Å²) >= 11 is 9.39. The monoisotopic (exact) mass is 543 g/mol. The molecule has 34 heavy (non-hydrogen) atoms. The molecule has 0 aromatic heterocycles. The smallest absolute Gasteiger partial charge is 0.329 e. The number of carbonyl (C=O) groups is 2. The summed E-state index contributed by atoms with van der Waals surface area (Å²) in [6, 6.07) is 16.3. The van der Waals surface area contributed by atoms with Crippen LogP contribution in [0.15, 0.2) is 64.2 Å². The van der Waals surface area contributed by atoms with Gasteiger partial charge in [0.1, 0.15) is 6.61 Å². The van der Waals surface area contributed by atoms with E-state index < -0.39 is 11.8 Å². The van der Waals surface area contributed by atoms with Crippen LogP contribution < -0.4 is 20.2 Å². The van der Waals surface area contributed by atoms with Gasteiger partial charge >= 0.3 is 11.8 Å². The first kappa shape index (κ1) is 25.3. The first-order valence-corrected chi connectivity index (χ1v) is 11.4. The van der Waals surface area contributed by atoms with E-state index in [1.165, 1.54) is 13.3 Å². The maximum absolute atomic E-state index is 12.2. The number of hydrogen-bond donors (Lipinski definition) is 2. The van der Waals surface area contributed by atoms with Gasteiger partial charge in [-0.15, -0.1) is 0 Å². The number of anilines is 1. The van der Waals surface area contributed by atoms with Gasteiger partial charge in [0.05, 0.1) is 17.8 Å². The number of ether oxygens (including phenoxy) is 2. The lowest BCUT2D eigenvalue weighted by molar-refractivity contribution is -0.136. The Kier molecular flexibility index (Phi) is 8.67. The summed E-state index contributed by atoms with van der Waals surface area (Å²) in [6.07, 6.45) is 1.40. The number of carbonyl (C=O) groups excluding carboxylic acids is 2. The van der Waals surface area contributed by atoms with Crippen molar-refractivity contribution in [1.29, 1.82) is 0 Å². The van der Waals surface area contributed by atoms with Gasteiger partial charge < -0.3 is 14.8 Å². The summed E-state index contributed by atoms with van der Waals surface area (Å²) in [6.45, 7) is 4.13. The van der Waals surface area contributed by atoms with E-state index in [4.69, 9.17) is 21.1 Å². The van der Waals surface area contributed by atoms with E-state index >= 15 is 0 Å². The van der Waals surface area contributed by atoms with E-state index in [2.05, 4.69) is 31.8 Å². The van der Waals surface area contributed by atoms with E-state index in [-0.39, 0.29) is 0 Å². The SMILES string of the molecule is COc1cc(C=NNC(=O)C(=O)Nc2ccc(C)cc2C)cc(Br)c1OCc1ccc(Cl)cc1. The molecule has 0 spiro atoms. The predicted molar refractivity (Wildman–Crippen MR) is 137 cm³/mol. The number of rotatable bonds is 7. The molecule has 0 saturated carbocycles. The number of amides is 2. The summed E-state index contributed by atoms with van der Waals surface area (Å²) in [5.74, 6) is -0.700. The number of nitrogens with one attached hydrogen (secondary N) is 2. The number of methoxy groups -OCH3 is 1. The van der Waals surface area contributed by atoms with E-state index in [1.54, 1.807) is 30.3 Å². The second kappa shape index (κ2) is 11.7. The molecule has 0 aliphatic rings. The largest absolute Gasteiger partial charge is 0.493 e. The topological polar surface area (TPSA) is 89.0 Å². The molecular weight excluding hydrogens is 522 g/mol. The molecule has 176 valence electrons. The van der Waals surface area contributed by atoms with Crippen LogP contribution in [0.2, 0.25) is 5.02 Å². The Labute approximate surface area is 211 Å². The molecule has 0 atom stereocenters. The lowest BCUT2D eigenvalue weighted by Crippen LogP contribution is -2.32. The van der Waals surface area contributed by atoms with Crippen LogP contribution in [0.3, 0.4) is 0 Å². The van der Waals surface area contributed by atoms with Crippen LogP contribution in [0.4, 0.5) is 5.69 Å². The Morgan fingerprint density at radius 3 is 2.47 bits per heavy atom. The van der Waals surface area contributed by atoms with Crippen LogP contribution >= 0.6 is 27.5 Å². The Balaban J connectivity index is 1.62. The molecule has 0 aliphatic heterocycles. The Bertz CT molecular complexity index is 1230. The average Bonchev–Trinajstić information content (AvgIpc) is 2.80. The van der Waals surface area contributed by atoms with Crippen molar-refractivity contribution in [3.63, 3.8) is 0 Å². The Morgan fingerprint density at radius 1 is 1.06 bits per heavy atom. The molecule has 0 fully saturated rings. The van der Waals surface area contributed by atoms with Crippen molar-refractivity contribution < 1.29 is 19.1 Å². The molecule has 0 saturated heterocycles. The second-order valence-electron chi connectivity index (χ2n) is 7.42. The molecule has 0 aliphatic carbocycles. The van der Waals surface area contributed by atoms with Gasteiger partial charge in [-0.05, 0) is 76.8 Å². The third kappa shape index (κ3) is 6.82. The predicted octanol–water partition coefficient (Wildman–Crippen LogP) is 5.40. The third-order valence-corrected chi connectivity index (χ3v) is 5.61. The molecule has 2 N–H and O–H groups in total. The number of aryl methyl sites for hydroxylation is 2. The summed E-state index contributed by atoms with van der Waals surface area (Å²) in [7, 11) is 1.52. The first-order chi connectivity index (χ1) is 16.3. The minimum Gasteiger partial charge on any atom is -0.493 e. The van der Waals surface area contributed by atoms with Gasteiger partial charge in [-0.2, -0.15) is 5.10 Å². The van der Waals surface area contributed by atoms with Gasteiger partial charge in [0.15, 0.2) is 11.5 Å². The molecule has 3 rings (SSSR count). The average molecular weight is 545 g/mol. The van der Waals surface area contributed by atoms with Gasteiger partial charge in [-0.25, -0.2) is 5.43 Å². The molecule has 2 amide bonds. The van der Waals surface area contributed by atoms with Crippen LogP contribution in [0.5, 0.6) is 11.5 Å². The number of hydrazone groups is 1. The summed E-state index contributed by atoms with van der Waals surface area (Å²) in [4.78, 5) is 24.3. The van der Waals surface area contributed by atoms with E-state index in [9.17, 15) is 9.59 Å². The highest BCUT2D eigenvalue weighted by molar-refractivity contribution is 9.10. The normalized spacial score (nSPS) is 10.7. The molecule has 0 bridgehead atoms. The van der Waals surface area contributed by atoms with E-state index in [1.807, 2.05) is 38.1 Å². The Hall–Kier alpha value is -3.36. The molecular formula is C25H23BrClN3O4. The van der Waals surface area contributed by atoms with Crippen molar-refractivity contribution in [1.82, 2.24) is 5.43 Å². The molecule has 0 heterocycles. The second-order valence-corrected chi connectivity index (χ2v) is 8.71. The Morgan fingerprint density at radius 2 is 1.79 bits per heavy atom. The number of hydrogen-bond acceptors (Lipinski definition) is 5. The van der Waals surface area contributed by atoms with Crippen molar-refractivity contribution in [3.05, 3.63) is 86.3 Å². The lowest BCUT2D eigenvalue weighted by atomic mass is 10.1. The standard InChI is InChI=1S/C25H23BrClN3O4/c1-15-4-9-21(16(2)10-15)29-24(31)25(32)30-28-13-18-11-20(26)23(22(12-18)33-3)34-14-17-5-7-19(27)8-6-17/h4-13H,14H2,1-3H3,(H,29,31)(H,30,32). The molecule has 3 aromatic carbocycles. The summed E-state index contributed by atoms with van der Waals surface area (Å²) in [5.41, 5.74) is 6.29. The quantitative estimate of drug-likeness (QED) is 0.237. The minimum absolute atomic E-state index is 0.325. The number of halogens is 2. The van der Waals surface area contributed by atoms with E-state index in [0.29, 0.717) is 38.9 Å². The fraction of sp³-hybridized carbons (Fsp3) is 0.160. The van der Waals surface area contributed by atoms with Gasteiger partial charge in [0.25, 0.3) is 0 Å². The summed E-state index contributed by atoms with van der Waals surface area (Å²) < 4.78 is 12.0. The highest BCUT2D eigenvalue weighted by Gasteiger charge is 2.15. The zero-order valence-corrected chi connectivity index (χ0v) is 21.2. The highest BCUT2D eigenvalue weighted by Crippen LogP contribution is 2.37. The number of benzene rings is 3. The first-order valence-electron chi connectivity index (χ1n) is 10.2. The van der Waals surface area contributed by atoms with Crippen molar-refractivity contribution >= 4 is 51.2 Å².